The van der Waals surface area contributed by atoms with Crippen LogP contribution < -0.4 is 4.72 Å². The predicted octanol–water partition coefficient (Wildman–Crippen LogP) is 2.48. The molecule has 2 aromatic heterocycles. The summed E-state index contributed by atoms with van der Waals surface area (Å²) in [6.07, 6.45) is 1.81. The molecule has 0 saturated heterocycles. The average molecular weight is 300 g/mol. The zero-order valence-corrected chi connectivity index (χ0v) is 12.5. The summed E-state index contributed by atoms with van der Waals surface area (Å²) >= 11 is 1.25. The summed E-state index contributed by atoms with van der Waals surface area (Å²) < 4.78 is 31.9. The maximum Gasteiger partial charge on any atom is 0.250 e. The Morgan fingerprint density at radius 3 is 2.84 bits per heavy atom. The Morgan fingerprint density at radius 1 is 1.42 bits per heavy atom. The average Bonchev–Trinajstić information content (AvgIpc) is 2.97. The van der Waals surface area contributed by atoms with Gasteiger partial charge in [-0.1, -0.05) is 18.5 Å². The summed E-state index contributed by atoms with van der Waals surface area (Å²) in [6.45, 7) is 4.04. The highest BCUT2D eigenvalue weighted by Crippen LogP contribution is 2.20. The number of hydrogen-bond donors (Lipinski definition) is 1. The molecule has 2 heterocycles. The van der Waals surface area contributed by atoms with Gasteiger partial charge in [-0.15, -0.1) is 11.3 Å². The van der Waals surface area contributed by atoms with Gasteiger partial charge in [0.05, 0.1) is 12.2 Å². The number of sulfonamides is 1. The lowest BCUT2D eigenvalue weighted by Gasteiger charge is -2.01. The van der Waals surface area contributed by atoms with Crippen molar-refractivity contribution in [3.8, 4) is 0 Å². The van der Waals surface area contributed by atoms with E-state index in [2.05, 4.69) is 16.8 Å². The topological polar surface area (TPSA) is 72.2 Å². The Hall–Kier alpha value is -1.18. The first kappa shape index (κ1) is 14.2. The predicted molar refractivity (Wildman–Crippen MR) is 73.6 cm³/mol. The van der Waals surface area contributed by atoms with Gasteiger partial charge in [-0.3, -0.25) is 0 Å². The molecule has 7 heteroatoms. The van der Waals surface area contributed by atoms with E-state index in [1.807, 2.05) is 6.92 Å². The Kier molecular flexibility index (Phi) is 4.38. The molecule has 0 amide bonds. The second-order valence-corrected chi connectivity index (χ2v) is 7.51. The van der Waals surface area contributed by atoms with Crippen LogP contribution in [0.5, 0.6) is 0 Å². The molecule has 0 aliphatic carbocycles. The third-order valence-electron chi connectivity index (χ3n) is 2.53. The molecule has 0 spiro atoms. The zero-order valence-electron chi connectivity index (χ0n) is 10.8. The first-order chi connectivity index (χ1) is 9.01. The fraction of sp³-hybridized carbons (Fsp3) is 0.417. The van der Waals surface area contributed by atoms with Gasteiger partial charge in [0.1, 0.15) is 4.21 Å². The first-order valence-electron chi connectivity index (χ1n) is 6.02. The van der Waals surface area contributed by atoms with Crippen molar-refractivity contribution in [1.82, 2.24) is 9.88 Å². The number of nitrogens with zero attached hydrogens (tertiary/aromatic N) is 1. The lowest BCUT2D eigenvalue weighted by Crippen LogP contribution is -2.22. The molecule has 0 atom stereocenters. The van der Waals surface area contributed by atoms with Gasteiger partial charge in [0, 0.05) is 10.9 Å². The van der Waals surface area contributed by atoms with Gasteiger partial charge in [-0.05, 0) is 25.5 Å². The van der Waals surface area contributed by atoms with E-state index >= 15 is 0 Å². The molecule has 0 aromatic carbocycles. The Bertz CT molecular complexity index is 643. The summed E-state index contributed by atoms with van der Waals surface area (Å²) in [5.41, 5.74) is 0.851. The summed E-state index contributed by atoms with van der Waals surface area (Å²) in [5, 5.41) is 3.88. The van der Waals surface area contributed by atoms with E-state index in [1.54, 1.807) is 18.2 Å². The zero-order chi connectivity index (χ0) is 13.9. The Morgan fingerprint density at radius 2 is 2.21 bits per heavy atom. The van der Waals surface area contributed by atoms with Crippen LogP contribution in [0.4, 0.5) is 0 Å². The maximum absolute atomic E-state index is 12.0. The molecule has 2 rings (SSSR count). The van der Waals surface area contributed by atoms with Crippen LogP contribution in [-0.2, 0) is 23.0 Å². The van der Waals surface area contributed by atoms with Crippen LogP contribution in [-0.4, -0.2) is 13.6 Å². The van der Waals surface area contributed by atoms with Crippen molar-refractivity contribution in [2.24, 2.45) is 0 Å². The molecule has 5 nitrogen and oxygen atoms in total. The molecular formula is C12H16N2O3S2. The van der Waals surface area contributed by atoms with Gasteiger partial charge in [-0.25, -0.2) is 13.1 Å². The van der Waals surface area contributed by atoms with Crippen molar-refractivity contribution in [2.75, 3.05) is 0 Å². The molecule has 0 bridgehead atoms. The van der Waals surface area contributed by atoms with Gasteiger partial charge in [0.15, 0.2) is 5.76 Å². The highest BCUT2D eigenvalue weighted by molar-refractivity contribution is 7.91. The third-order valence-corrected chi connectivity index (χ3v) is 5.42. The highest BCUT2D eigenvalue weighted by atomic mass is 32.2. The molecule has 0 saturated carbocycles. The fourth-order valence-corrected chi connectivity index (χ4v) is 3.93. The van der Waals surface area contributed by atoms with E-state index in [-0.39, 0.29) is 6.54 Å². The van der Waals surface area contributed by atoms with Crippen molar-refractivity contribution in [3.63, 3.8) is 0 Å². The van der Waals surface area contributed by atoms with E-state index in [1.165, 1.54) is 11.3 Å². The lowest BCUT2D eigenvalue weighted by molar-refractivity contribution is 0.374. The van der Waals surface area contributed by atoms with Crippen LogP contribution in [0.2, 0.25) is 0 Å². The highest BCUT2D eigenvalue weighted by Gasteiger charge is 2.16. The summed E-state index contributed by atoms with van der Waals surface area (Å²) in [7, 11) is -3.46. The molecule has 0 aliphatic rings. The first-order valence-corrected chi connectivity index (χ1v) is 8.32. The van der Waals surface area contributed by atoms with Gasteiger partial charge >= 0.3 is 0 Å². The second kappa shape index (κ2) is 5.85. The number of aromatic nitrogens is 1. The minimum Gasteiger partial charge on any atom is -0.360 e. The summed E-state index contributed by atoms with van der Waals surface area (Å²) in [5.74, 6) is 0.528. The maximum atomic E-state index is 12.0. The van der Waals surface area contributed by atoms with Crippen LogP contribution in [0.1, 0.15) is 29.7 Å². The summed E-state index contributed by atoms with van der Waals surface area (Å²) in [4.78, 5) is 0.963. The van der Waals surface area contributed by atoms with Crippen LogP contribution in [0.15, 0.2) is 26.9 Å². The van der Waals surface area contributed by atoms with Gasteiger partial charge < -0.3 is 4.52 Å². The van der Waals surface area contributed by atoms with Crippen molar-refractivity contribution in [2.45, 2.75) is 37.4 Å². The fourth-order valence-electron chi connectivity index (χ4n) is 1.61. The van der Waals surface area contributed by atoms with Gasteiger partial charge in [-0.2, -0.15) is 0 Å². The number of hydrogen-bond acceptors (Lipinski definition) is 5. The minimum absolute atomic E-state index is 0.121. The van der Waals surface area contributed by atoms with Crippen LogP contribution in [0.25, 0.3) is 0 Å². The van der Waals surface area contributed by atoms with Gasteiger partial charge in [0.25, 0.3) is 0 Å². The van der Waals surface area contributed by atoms with Crippen LogP contribution >= 0.6 is 11.3 Å². The molecule has 104 valence electrons. The van der Waals surface area contributed by atoms with Crippen LogP contribution in [0, 0.1) is 6.92 Å². The number of aryl methyl sites for hydroxylation is 2. The van der Waals surface area contributed by atoms with Crippen molar-refractivity contribution in [3.05, 3.63) is 34.5 Å². The second-order valence-electron chi connectivity index (χ2n) is 4.22. The monoisotopic (exact) mass is 300 g/mol. The van der Waals surface area contributed by atoms with E-state index < -0.39 is 10.0 Å². The SMILES string of the molecule is CCCc1cc(CNS(=O)(=O)c2ccc(C)s2)on1. The molecule has 0 radical (unpaired) electrons. The molecule has 1 N–H and O–H groups in total. The number of rotatable bonds is 6. The summed E-state index contributed by atoms with van der Waals surface area (Å²) in [6, 6.07) is 5.17. The van der Waals surface area contributed by atoms with E-state index in [9.17, 15) is 8.42 Å². The van der Waals surface area contributed by atoms with Crippen LogP contribution in [0.3, 0.4) is 0 Å². The molecule has 19 heavy (non-hydrogen) atoms. The van der Waals surface area contributed by atoms with E-state index in [4.69, 9.17) is 4.52 Å². The number of nitrogens with one attached hydrogen (secondary N) is 1. The molecule has 0 fully saturated rings. The lowest BCUT2D eigenvalue weighted by atomic mass is 10.2. The normalized spacial score (nSPS) is 11.9. The molecule has 0 unspecified atom stereocenters. The van der Waals surface area contributed by atoms with Gasteiger partial charge in [0.2, 0.25) is 10.0 Å². The Balaban J connectivity index is 2.01. The third kappa shape index (κ3) is 3.65. The smallest absolute Gasteiger partial charge is 0.250 e. The van der Waals surface area contributed by atoms with Crippen molar-refractivity contribution >= 4 is 21.4 Å². The molecular weight excluding hydrogens is 284 g/mol. The Labute approximate surface area is 116 Å². The molecule has 2 aromatic rings. The standard InChI is InChI=1S/C12H16N2O3S2/c1-3-4-10-7-11(17-14-10)8-13-19(15,16)12-6-5-9(2)18-12/h5-7,13H,3-4,8H2,1-2H3. The largest absolute Gasteiger partial charge is 0.360 e. The van der Waals surface area contributed by atoms with Crippen molar-refractivity contribution < 1.29 is 12.9 Å². The minimum atomic E-state index is -3.46. The molecule has 0 aliphatic heterocycles. The quantitative estimate of drug-likeness (QED) is 0.889. The van der Waals surface area contributed by atoms with Crippen molar-refractivity contribution in [1.29, 1.82) is 0 Å². The van der Waals surface area contributed by atoms with E-state index in [0.29, 0.717) is 9.97 Å². The van der Waals surface area contributed by atoms with E-state index in [0.717, 1.165) is 23.4 Å². The number of thiophene rings is 1.